The molecule has 1 N–H and O–H groups in total. The van der Waals surface area contributed by atoms with E-state index in [9.17, 15) is 8.42 Å². The topological polar surface area (TPSA) is 64.0 Å². The fraction of sp³-hybridized carbons (Fsp3) is 0.357. The maximum Gasteiger partial charge on any atom is 0.240 e. The minimum Gasteiger partial charge on any atom is -0.271 e. The highest BCUT2D eigenvalue weighted by molar-refractivity contribution is 9.10. The van der Waals surface area contributed by atoms with E-state index in [1.165, 1.54) is 0 Å². The summed E-state index contributed by atoms with van der Waals surface area (Å²) < 4.78 is 29.5. The standard InChI is InChI=1S/C14H18BrN3O2S/c1-11-4-6-13(7-5-11)21(19,20)16-8-3-9-18-10-14(15)12(2)17-18/h4-7,10,16H,3,8-9H2,1-2H3. The van der Waals surface area contributed by atoms with Crippen molar-refractivity contribution in [2.45, 2.75) is 31.7 Å². The summed E-state index contributed by atoms with van der Waals surface area (Å²) in [5, 5.41) is 4.30. The van der Waals surface area contributed by atoms with Gasteiger partial charge in [0.25, 0.3) is 0 Å². The summed E-state index contributed by atoms with van der Waals surface area (Å²) >= 11 is 3.40. The molecule has 114 valence electrons. The quantitative estimate of drug-likeness (QED) is 0.793. The second-order valence-corrected chi connectivity index (χ2v) is 7.51. The highest BCUT2D eigenvalue weighted by Gasteiger charge is 2.12. The van der Waals surface area contributed by atoms with Gasteiger partial charge >= 0.3 is 0 Å². The minimum absolute atomic E-state index is 0.297. The average molecular weight is 372 g/mol. The smallest absolute Gasteiger partial charge is 0.240 e. The molecule has 1 aromatic carbocycles. The van der Waals surface area contributed by atoms with Crippen molar-refractivity contribution in [1.29, 1.82) is 0 Å². The van der Waals surface area contributed by atoms with Crippen LogP contribution in [0.25, 0.3) is 0 Å². The molecule has 0 atom stereocenters. The second-order valence-electron chi connectivity index (χ2n) is 4.89. The van der Waals surface area contributed by atoms with Gasteiger partial charge < -0.3 is 0 Å². The fourth-order valence-corrected chi connectivity index (χ4v) is 3.25. The molecule has 2 aromatic rings. The van der Waals surface area contributed by atoms with Crippen LogP contribution < -0.4 is 4.72 Å². The molecule has 0 aliphatic heterocycles. The highest BCUT2D eigenvalue weighted by Crippen LogP contribution is 2.13. The molecule has 1 heterocycles. The van der Waals surface area contributed by atoms with Gasteiger partial charge in [-0.15, -0.1) is 0 Å². The van der Waals surface area contributed by atoms with E-state index in [1.807, 2.05) is 20.0 Å². The Balaban J connectivity index is 1.86. The van der Waals surface area contributed by atoms with E-state index >= 15 is 0 Å². The van der Waals surface area contributed by atoms with Crippen molar-refractivity contribution < 1.29 is 8.42 Å². The lowest BCUT2D eigenvalue weighted by molar-refractivity contribution is 0.551. The normalized spacial score (nSPS) is 11.8. The van der Waals surface area contributed by atoms with E-state index in [-0.39, 0.29) is 0 Å². The van der Waals surface area contributed by atoms with Crippen LogP contribution in [0.1, 0.15) is 17.7 Å². The zero-order valence-corrected chi connectivity index (χ0v) is 14.4. The third-order valence-electron chi connectivity index (χ3n) is 3.07. The maximum absolute atomic E-state index is 12.1. The number of halogens is 1. The summed E-state index contributed by atoms with van der Waals surface area (Å²) in [4.78, 5) is 0.297. The Morgan fingerprint density at radius 2 is 1.90 bits per heavy atom. The van der Waals surface area contributed by atoms with Crippen LogP contribution in [0.15, 0.2) is 39.8 Å². The summed E-state index contributed by atoms with van der Waals surface area (Å²) in [5.74, 6) is 0. The van der Waals surface area contributed by atoms with E-state index in [1.54, 1.807) is 28.9 Å². The van der Waals surface area contributed by atoms with Crippen molar-refractivity contribution >= 4 is 26.0 Å². The molecule has 0 fully saturated rings. The van der Waals surface area contributed by atoms with E-state index in [4.69, 9.17) is 0 Å². The van der Waals surface area contributed by atoms with Gasteiger partial charge in [-0.1, -0.05) is 17.7 Å². The van der Waals surface area contributed by atoms with Gasteiger partial charge in [0.1, 0.15) is 0 Å². The molecule has 5 nitrogen and oxygen atoms in total. The van der Waals surface area contributed by atoms with Crippen LogP contribution in [0.4, 0.5) is 0 Å². The molecule has 0 amide bonds. The van der Waals surface area contributed by atoms with E-state index in [2.05, 4.69) is 25.8 Å². The van der Waals surface area contributed by atoms with Gasteiger partial charge in [-0.2, -0.15) is 5.10 Å². The Hall–Kier alpha value is -1.18. The first-order valence-electron chi connectivity index (χ1n) is 6.64. The largest absolute Gasteiger partial charge is 0.271 e. The molecule has 21 heavy (non-hydrogen) atoms. The third-order valence-corrected chi connectivity index (χ3v) is 5.33. The van der Waals surface area contributed by atoms with Crippen LogP contribution in [0.3, 0.4) is 0 Å². The van der Waals surface area contributed by atoms with Crippen molar-refractivity contribution in [3.8, 4) is 0 Å². The van der Waals surface area contributed by atoms with Crippen molar-refractivity contribution in [3.63, 3.8) is 0 Å². The van der Waals surface area contributed by atoms with Crippen LogP contribution in [0, 0.1) is 13.8 Å². The minimum atomic E-state index is -3.42. The first-order valence-corrected chi connectivity index (χ1v) is 8.92. The number of sulfonamides is 1. The molecule has 0 unspecified atom stereocenters. The number of hydrogen-bond acceptors (Lipinski definition) is 3. The number of aromatic nitrogens is 2. The Kier molecular flexibility index (Phi) is 5.18. The Labute approximate surface area is 133 Å². The Morgan fingerprint density at radius 1 is 1.24 bits per heavy atom. The number of aryl methyl sites for hydroxylation is 3. The predicted molar refractivity (Wildman–Crippen MR) is 85.6 cm³/mol. The van der Waals surface area contributed by atoms with Gasteiger partial charge in [-0.3, -0.25) is 4.68 Å². The number of nitrogens with zero attached hydrogens (tertiary/aromatic N) is 2. The first kappa shape index (κ1) is 16.2. The highest BCUT2D eigenvalue weighted by atomic mass is 79.9. The SMILES string of the molecule is Cc1ccc(S(=O)(=O)NCCCn2cc(Br)c(C)n2)cc1. The van der Waals surface area contributed by atoms with Gasteiger partial charge in [0, 0.05) is 19.3 Å². The fourth-order valence-electron chi connectivity index (χ4n) is 1.86. The first-order chi connectivity index (χ1) is 9.88. The average Bonchev–Trinajstić information content (AvgIpc) is 2.74. The number of benzene rings is 1. The summed E-state index contributed by atoms with van der Waals surface area (Å²) in [7, 11) is -3.42. The van der Waals surface area contributed by atoms with Gasteiger partial charge in [-0.05, 0) is 48.3 Å². The molecular weight excluding hydrogens is 354 g/mol. The van der Waals surface area contributed by atoms with Crippen molar-refractivity contribution in [2.24, 2.45) is 0 Å². The summed E-state index contributed by atoms with van der Waals surface area (Å²) in [6.07, 6.45) is 2.57. The van der Waals surface area contributed by atoms with Crippen LogP contribution in [-0.2, 0) is 16.6 Å². The van der Waals surface area contributed by atoms with Gasteiger partial charge in [0.15, 0.2) is 0 Å². The molecule has 0 aliphatic rings. The number of rotatable bonds is 6. The molecule has 0 saturated carbocycles. The second kappa shape index (κ2) is 6.72. The van der Waals surface area contributed by atoms with Gasteiger partial charge in [-0.25, -0.2) is 13.1 Å². The lowest BCUT2D eigenvalue weighted by Gasteiger charge is -2.07. The zero-order chi connectivity index (χ0) is 15.5. The van der Waals surface area contributed by atoms with Crippen LogP contribution in [0.2, 0.25) is 0 Å². The maximum atomic E-state index is 12.1. The summed E-state index contributed by atoms with van der Waals surface area (Å²) in [5.41, 5.74) is 1.96. The molecule has 2 rings (SSSR count). The summed E-state index contributed by atoms with van der Waals surface area (Å²) in [6, 6.07) is 6.81. The Bertz CT molecular complexity index is 689. The van der Waals surface area contributed by atoms with Crippen molar-refractivity contribution in [3.05, 3.63) is 46.2 Å². The molecule has 7 heteroatoms. The molecule has 0 spiro atoms. The third kappa shape index (κ3) is 4.39. The van der Waals surface area contributed by atoms with Gasteiger partial charge in [0.2, 0.25) is 10.0 Å². The predicted octanol–water partition coefficient (Wildman–Crippen LogP) is 2.63. The molecule has 0 bridgehead atoms. The Morgan fingerprint density at radius 3 is 2.48 bits per heavy atom. The molecule has 0 radical (unpaired) electrons. The monoisotopic (exact) mass is 371 g/mol. The molecular formula is C14H18BrN3O2S. The number of nitrogens with one attached hydrogen (secondary N) is 1. The summed E-state index contributed by atoms with van der Waals surface area (Å²) in [6.45, 7) is 4.89. The molecule has 1 aromatic heterocycles. The molecule has 0 aliphatic carbocycles. The molecule has 0 saturated heterocycles. The van der Waals surface area contributed by atoms with E-state index in [0.717, 1.165) is 15.7 Å². The van der Waals surface area contributed by atoms with Crippen molar-refractivity contribution in [1.82, 2.24) is 14.5 Å². The van der Waals surface area contributed by atoms with E-state index < -0.39 is 10.0 Å². The lowest BCUT2D eigenvalue weighted by Crippen LogP contribution is -2.25. The number of hydrogen-bond donors (Lipinski definition) is 1. The van der Waals surface area contributed by atoms with Crippen LogP contribution in [-0.4, -0.2) is 24.7 Å². The van der Waals surface area contributed by atoms with Gasteiger partial charge in [0.05, 0.1) is 15.1 Å². The van der Waals surface area contributed by atoms with Crippen molar-refractivity contribution in [2.75, 3.05) is 6.54 Å². The van der Waals surface area contributed by atoms with Crippen LogP contribution >= 0.6 is 15.9 Å². The zero-order valence-electron chi connectivity index (χ0n) is 12.0. The van der Waals surface area contributed by atoms with E-state index in [0.29, 0.717) is 24.4 Å². The lowest BCUT2D eigenvalue weighted by atomic mass is 10.2. The van der Waals surface area contributed by atoms with Crippen LogP contribution in [0.5, 0.6) is 0 Å².